The molecule has 1 unspecified atom stereocenters. The van der Waals surface area contributed by atoms with Crippen LogP contribution in [0.5, 0.6) is 0 Å². The van der Waals surface area contributed by atoms with E-state index in [1.54, 1.807) is 0 Å². The number of nitrogens with zero attached hydrogens (tertiary/aromatic N) is 2. The Morgan fingerprint density at radius 2 is 2.24 bits per heavy atom. The van der Waals surface area contributed by atoms with Crippen LogP contribution in [0.25, 0.3) is 10.9 Å². The zero-order valence-corrected chi connectivity index (χ0v) is 12.5. The van der Waals surface area contributed by atoms with Crippen LogP contribution in [0.1, 0.15) is 18.4 Å². The van der Waals surface area contributed by atoms with Crippen LogP contribution in [0.4, 0.5) is 5.82 Å². The van der Waals surface area contributed by atoms with Gasteiger partial charge in [-0.25, -0.2) is 4.98 Å². The molecule has 0 aliphatic carbocycles. The monoisotopic (exact) mass is 285 g/mol. The molecule has 112 valence electrons. The summed E-state index contributed by atoms with van der Waals surface area (Å²) in [6, 6.07) is 10.9. The number of aryl methyl sites for hydroxylation is 1. The zero-order chi connectivity index (χ0) is 14.7. The molecule has 1 aromatic carbocycles. The van der Waals surface area contributed by atoms with Crippen molar-refractivity contribution in [1.29, 1.82) is 0 Å². The van der Waals surface area contributed by atoms with E-state index >= 15 is 0 Å². The molecule has 2 aromatic rings. The van der Waals surface area contributed by atoms with Crippen molar-refractivity contribution in [3.05, 3.63) is 35.9 Å². The van der Waals surface area contributed by atoms with E-state index in [1.165, 1.54) is 23.8 Å². The summed E-state index contributed by atoms with van der Waals surface area (Å²) < 4.78 is 0. The van der Waals surface area contributed by atoms with Gasteiger partial charge in [0.2, 0.25) is 0 Å². The zero-order valence-electron chi connectivity index (χ0n) is 12.5. The number of aliphatic hydroxyl groups is 1. The van der Waals surface area contributed by atoms with Crippen molar-refractivity contribution in [2.45, 2.75) is 25.8 Å². The average molecular weight is 285 g/mol. The van der Waals surface area contributed by atoms with E-state index in [9.17, 15) is 5.11 Å². The lowest BCUT2D eigenvalue weighted by molar-refractivity contribution is 0.300. The Morgan fingerprint density at radius 1 is 1.38 bits per heavy atom. The van der Waals surface area contributed by atoms with E-state index in [2.05, 4.69) is 29.3 Å². The van der Waals surface area contributed by atoms with Crippen molar-refractivity contribution in [3.8, 4) is 0 Å². The first kappa shape index (κ1) is 14.3. The molecule has 0 spiro atoms. The van der Waals surface area contributed by atoms with Crippen LogP contribution in [0.15, 0.2) is 30.3 Å². The minimum Gasteiger partial charge on any atom is -0.395 e. The van der Waals surface area contributed by atoms with E-state index in [0.29, 0.717) is 12.6 Å². The Kier molecular flexibility index (Phi) is 4.36. The Labute approximate surface area is 125 Å². The Morgan fingerprint density at radius 3 is 3.00 bits per heavy atom. The molecule has 4 nitrogen and oxygen atoms in total. The van der Waals surface area contributed by atoms with E-state index in [0.717, 1.165) is 24.4 Å². The van der Waals surface area contributed by atoms with E-state index in [-0.39, 0.29) is 6.61 Å². The molecule has 1 aliphatic rings. The number of aliphatic hydroxyl groups excluding tert-OH is 1. The summed E-state index contributed by atoms with van der Waals surface area (Å²) in [6.45, 7) is 4.89. The summed E-state index contributed by atoms with van der Waals surface area (Å²) in [5, 5.41) is 14.1. The van der Waals surface area contributed by atoms with Gasteiger partial charge >= 0.3 is 0 Å². The van der Waals surface area contributed by atoms with Crippen LogP contribution in [-0.2, 0) is 0 Å². The maximum absolute atomic E-state index is 9.39. The number of aromatic nitrogens is 1. The summed E-state index contributed by atoms with van der Waals surface area (Å²) in [7, 11) is 0. The number of hydrogen-bond donors (Lipinski definition) is 2. The summed E-state index contributed by atoms with van der Waals surface area (Å²) in [6.07, 6.45) is 2.44. The number of hydrogen-bond acceptors (Lipinski definition) is 4. The summed E-state index contributed by atoms with van der Waals surface area (Å²) in [4.78, 5) is 7.04. The summed E-state index contributed by atoms with van der Waals surface area (Å²) >= 11 is 0. The highest BCUT2D eigenvalue weighted by Gasteiger charge is 2.20. The molecular weight excluding hydrogens is 262 g/mol. The second-order valence-corrected chi connectivity index (χ2v) is 5.78. The molecule has 1 aliphatic heterocycles. The number of para-hydroxylation sites is 1. The third-order valence-electron chi connectivity index (χ3n) is 4.16. The molecule has 1 atom stereocenters. The first-order valence-electron chi connectivity index (χ1n) is 7.73. The van der Waals surface area contributed by atoms with Crippen molar-refractivity contribution < 1.29 is 5.11 Å². The van der Waals surface area contributed by atoms with Gasteiger partial charge in [-0.1, -0.05) is 18.2 Å². The molecule has 0 radical (unpaired) electrons. The minimum absolute atomic E-state index is 0.153. The first-order valence-corrected chi connectivity index (χ1v) is 7.73. The number of fused-ring (bicyclic) bond motifs is 1. The molecule has 1 saturated heterocycles. The van der Waals surface area contributed by atoms with Crippen molar-refractivity contribution in [2.75, 3.05) is 31.1 Å². The van der Waals surface area contributed by atoms with Crippen molar-refractivity contribution >= 4 is 16.7 Å². The van der Waals surface area contributed by atoms with Gasteiger partial charge in [0.1, 0.15) is 5.82 Å². The standard InChI is InChI=1S/C17H23N3O/c1-13-11-14-5-2-3-7-16(14)19-17(13)20(9-10-21)12-15-6-4-8-18-15/h2-3,5,7,11,15,18,21H,4,6,8-10,12H2,1H3. The van der Waals surface area contributed by atoms with Gasteiger partial charge in [0, 0.05) is 24.5 Å². The van der Waals surface area contributed by atoms with Gasteiger partial charge in [-0.05, 0) is 44.0 Å². The lowest BCUT2D eigenvalue weighted by Gasteiger charge is -2.27. The average Bonchev–Trinajstić information content (AvgIpc) is 2.99. The van der Waals surface area contributed by atoms with Crippen molar-refractivity contribution in [1.82, 2.24) is 10.3 Å². The fourth-order valence-corrected chi connectivity index (χ4v) is 3.11. The fourth-order valence-electron chi connectivity index (χ4n) is 3.11. The third kappa shape index (κ3) is 3.17. The van der Waals surface area contributed by atoms with Crippen LogP contribution in [0.3, 0.4) is 0 Å². The first-order chi connectivity index (χ1) is 10.3. The quantitative estimate of drug-likeness (QED) is 0.883. The van der Waals surface area contributed by atoms with Gasteiger partial charge in [0.05, 0.1) is 12.1 Å². The highest BCUT2D eigenvalue weighted by molar-refractivity contribution is 5.81. The van der Waals surface area contributed by atoms with Gasteiger partial charge in [0.25, 0.3) is 0 Å². The number of pyridine rings is 1. The van der Waals surface area contributed by atoms with Gasteiger partial charge < -0.3 is 15.3 Å². The molecule has 4 heteroatoms. The van der Waals surface area contributed by atoms with Gasteiger partial charge in [-0.2, -0.15) is 0 Å². The van der Waals surface area contributed by atoms with E-state index < -0.39 is 0 Å². The number of nitrogens with one attached hydrogen (secondary N) is 1. The summed E-state index contributed by atoms with van der Waals surface area (Å²) in [5.41, 5.74) is 2.18. The molecular formula is C17H23N3O. The third-order valence-corrected chi connectivity index (χ3v) is 4.16. The molecule has 2 heterocycles. The van der Waals surface area contributed by atoms with Gasteiger partial charge in [0.15, 0.2) is 0 Å². The Balaban J connectivity index is 1.91. The van der Waals surface area contributed by atoms with Gasteiger partial charge in [-0.3, -0.25) is 0 Å². The SMILES string of the molecule is Cc1cc2ccccc2nc1N(CCO)CC1CCCN1. The van der Waals surface area contributed by atoms with Crippen LogP contribution in [0.2, 0.25) is 0 Å². The largest absolute Gasteiger partial charge is 0.395 e. The highest BCUT2D eigenvalue weighted by atomic mass is 16.3. The molecule has 3 rings (SSSR count). The molecule has 1 fully saturated rings. The van der Waals surface area contributed by atoms with Crippen LogP contribution in [0, 0.1) is 6.92 Å². The number of anilines is 1. The Bertz CT molecular complexity index is 608. The van der Waals surface area contributed by atoms with E-state index in [1.807, 2.05) is 18.2 Å². The summed E-state index contributed by atoms with van der Waals surface area (Å²) in [5.74, 6) is 0.997. The second kappa shape index (κ2) is 6.41. The fraction of sp³-hybridized carbons (Fsp3) is 0.471. The maximum Gasteiger partial charge on any atom is 0.132 e. The highest BCUT2D eigenvalue weighted by Crippen LogP contribution is 2.23. The predicted octanol–water partition coefficient (Wildman–Crippen LogP) is 2.09. The molecule has 2 N–H and O–H groups in total. The maximum atomic E-state index is 9.39. The predicted molar refractivity (Wildman–Crippen MR) is 86.8 cm³/mol. The molecule has 0 amide bonds. The topological polar surface area (TPSA) is 48.4 Å². The molecule has 0 saturated carbocycles. The van der Waals surface area contributed by atoms with E-state index in [4.69, 9.17) is 4.98 Å². The lowest BCUT2D eigenvalue weighted by atomic mass is 10.1. The normalized spacial score (nSPS) is 18.3. The second-order valence-electron chi connectivity index (χ2n) is 5.78. The molecule has 1 aromatic heterocycles. The lowest BCUT2D eigenvalue weighted by Crippen LogP contribution is -2.39. The van der Waals surface area contributed by atoms with Crippen LogP contribution >= 0.6 is 0 Å². The Hall–Kier alpha value is -1.65. The van der Waals surface area contributed by atoms with Gasteiger partial charge in [-0.15, -0.1) is 0 Å². The molecule has 21 heavy (non-hydrogen) atoms. The van der Waals surface area contributed by atoms with Crippen LogP contribution in [-0.4, -0.2) is 42.4 Å². The van der Waals surface area contributed by atoms with Crippen molar-refractivity contribution in [3.63, 3.8) is 0 Å². The smallest absolute Gasteiger partial charge is 0.132 e. The molecule has 0 bridgehead atoms. The van der Waals surface area contributed by atoms with Crippen LogP contribution < -0.4 is 10.2 Å². The number of rotatable bonds is 5. The minimum atomic E-state index is 0.153. The number of benzene rings is 1. The van der Waals surface area contributed by atoms with Crippen molar-refractivity contribution in [2.24, 2.45) is 0 Å².